The molecule has 23 heavy (non-hydrogen) atoms. The van der Waals surface area contributed by atoms with Gasteiger partial charge in [0.25, 0.3) is 5.91 Å². The molecule has 2 aromatic rings. The van der Waals surface area contributed by atoms with Crippen molar-refractivity contribution in [3.8, 4) is 11.5 Å². The predicted molar refractivity (Wildman–Crippen MR) is 90.7 cm³/mol. The second-order valence-corrected chi connectivity index (χ2v) is 5.36. The number of hydrogen-bond donors (Lipinski definition) is 1. The van der Waals surface area contributed by atoms with E-state index in [4.69, 9.17) is 9.47 Å². The molecule has 4 nitrogen and oxygen atoms in total. The van der Waals surface area contributed by atoms with Crippen LogP contribution in [0.1, 0.15) is 24.5 Å². The molecule has 0 unspecified atom stereocenters. The summed E-state index contributed by atoms with van der Waals surface area (Å²) in [5, 5.41) is 2.92. The highest BCUT2D eigenvalue weighted by Gasteiger charge is 2.18. The van der Waals surface area contributed by atoms with Gasteiger partial charge >= 0.3 is 0 Å². The zero-order valence-corrected chi connectivity index (χ0v) is 13.8. The maximum atomic E-state index is 12.4. The van der Waals surface area contributed by atoms with Crippen LogP contribution in [0, 0.1) is 6.92 Å². The molecule has 4 heteroatoms. The molecule has 0 heterocycles. The second-order valence-electron chi connectivity index (χ2n) is 5.36. The van der Waals surface area contributed by atoms with Gasteiger partial charge in [-0.15, -0.1) is 0 Å². The van der Waals surface area contributed by atoms with Gasteiger partial charge in [-0.25, -0.2) is 0 Å². The molecule has 2 aromatic carbocycles. The summed E-state index contributed by atoms with van der Waals surface area (Å²) in [7, 11) is 1.62. The van der Waals surface area contributed by atoms with E-state index in [1.165, 1.54) is 0 Å². The Balaban J connectivity index is 1.97. The molecule has 0 radical (unpaired) electrons. The first-order valence-corrected chi connectivity index (χ1v) is 7.77. The molecule has 1 amide bonds. The highest BCUT2D eigenvalue weighted by atomic mass is 16.5. The second kappa shape index (κ2) is 8.22. The Morgan fingerprint density at radius 1 is 1.17 bits per heavy atom. The minimum absolute atomic E-state index is 0.125. The van der Waals surface area contributed by atoms with Crippen molar-refractivity contribution in [3.63, 3.8) is 0 Å². The fourth-order valence-corrected chi connectivity index (χ4v) is 2.32. The lowest BCUT2D eigenvalue weighted by Crippen LogP contribution is -2.37. The third kappa shape index (κ3) is 4.74. The van der Waals surface area contributed by atoms with E-state index in [0.717, 1.165) is 16.9 Å². The van der Waals surface area contributed by atoms with Gasteiger partial charge in [0.2, 0.25) is 0 Å². The van der Waals surface area contributed by atoms with Gasteiger partial charge in [-0.05, 0) is 37.1 Å². The molecule has 0 spiro atoms. The Labute approximate surface area is 137 Å². The van der Waals surface area contributed by atoms with Gasteiger partial charge in [-0.1, -0.05) is 37.3 Å². The van der Waals surface area contributed by atoms with Gasteiger partial charge < -0.3 is 14.8 Å². The molecular formula is C19H23NO3. The molecule has 1 N–H and O–H groups in total. The van der Waals surface area contributed by atoms with Crippen LogP contribution < -0.4 is 14.8 Å². The van der Waals surface area contributed by atoms with Crippen molar-refractivity contribution in [1.29, 1.82) is 0 Å². The summed E-state index contributed by atoms with van der Waals surface area (Å²) in [6.07, 6.45) is 0.0950. The van der Waals surface area contributed by atoms with Gasteiger partial charge in [-0.3, -0.25) is 4.79 Å². The predicted octanol–water partition coefficient (Wildman–Crippen LogP) is 3.48. The number of carbonyl (C=O) groups excluding carboxylic acids is 1. The first-order valence-electron chi connectivity index (χ1n) is 7.77. The van der Waals surface area contributed by atoms with Gasteiger partial charge in [0.1, 0.15) is 11.5 Å². The summed E-state index contributed by atoms with van der Waals surface area (Å²) >= 11 is 0. The molecule has 0 aliphatic carbocycles. The lowest BCUT2D eigenvalue weighted by molar-refractivity contribution is -0.128. The number of benzene rings is 2. The van der Waals surface area contributed by atoms with Crippen LogP contribution in [0.25, 0.3) is 0 Å². The summed E-state index contributed by atoms with van der Waals surface area (Å²) in [4.78, 5) is 12.4. The van der Waals surface area contributed by atoms with Crippen molar-refractivity contribution in [2.45, 2.75) is 32.9 Å². The van der Waals surface area contributed by atoms with E-state index in [9.17, 15) is 4.79 Å². The standard InChI is InChI=1S/C19H23NO3/c1-4-17(23-16-10-7-8-14(2)12-16)19(21)20-13-15-9-5-6-11-18(15)22-3/h5-12,17H,4,13H2,1-3H3,(H,20,21)/t17-/m1/s1. The number of methoxy groups -OCH3 is 1. The van der Waals surface area contributed by atoms with Gasteiger partial charge in [0.15, 0.2) is 6.10 Å². The van der Waals surface area contributed by atoms with Crippen LogP contribution in [-0.2, 0) is 11.3 Å². The van der Waals surface area contributed by atoms with E-state index in [2.05, 4.69) is 5.32 Å². The molecule has 0 fully saturated rings. The maximum absolute atomic E-state index is 12.4. The summed E-state index contributed by atoms with van der Waals surface area (Å²) in [6, 6.07) is 15.3. The topological polar surface area (TPSA) is 47.6 Å². The van der Waals surface area contributed by atoms with E-state index in [1.807, 2.05) is 62.4 Å². The highest BCUT2D eigenvalue weighted by Crippen LogP contribution is 2.18. The van der Waals surface area contributed by atoms with Crippen molar-refractivity contribution < 1.29 is 14.3 Å². The molecule has 0 aliphatic heterocycles. The Morgan fingerprint density at radius 2 is 1.96 bits per heavy atom. The van der Waals surface area contributed by atoms with Crippen molar-refractivity contribution in [2.24, 2.45) is 0 Å². The number of ether oxygens (including phenoxy) is 2. The number of para-hydroxylation sites is 1. The molecule has 122 valence electrons. The molecule has 0 saturated heterocycles. The third-order valence-electron chi connectivity index (χ3n) is 3.58. The number of nitrogens with one attached hydrogen (secondary N) is 1. The normalized spacial score (nSPS) is 11.6. The highest BCUT2D eigenvalue weighted by molar-refractivity contribution is 5.81. The number of amides is 1. The van der Waals surface area contributed by atoms with Gasteiger partial charge in [0, 0.05) is 12.1 Å². The maximum Gasteiger partial charge on any atom is 0.261 e. The first kappa shape index (κ1) is 16.9. The van der Waals surface area contributed by atoms with Crippen LogP contribution in [0.4, 0.5) is 0 Å². The van der Waals surface area contributed by atoms with Crippen LogP contribution in [0.2, 0.25) is 0 Å². The summed E-state index contributed by atoms with van der Waals surface area (Å²) in [5.41, 5.74) is 2.04. The van der Waals surface area contributed by atoms with Crippen LogP contribution >= 0.6 is 0 Å². The Bertz CT molecular complexity index is 655. The van der Waals surface area contributed by atoms with E-state index in [-0.39, 0.29) is 5.91 Å². The van der Waals surface area contributed by atoms with Crippen LogP contribution in [0.15, 0.2) is 48.5 Å². The van der Waals surface area contributed by atoms with E-state index in [1.54, 1.807) is 7.11 Å². The molecule has 1 atom stereocenters. The molecular weight excluding hydrogens is 290 g/mol. The van der Waals surface area contributed by atoms with E-state index >= 15 is 0 Å². The summed E-state index contributed by atoms with van der Waals surface area (Å²) in [5.74, 6) is 1.35. The minimum Gasteiger partial charge on any atom is -0.496 e. The fourth-order valence-electron chi connectivity index (χ4n) is 2.32. The fraction of sp³-hybridized carbons (Fsp3) is 0.316. The Hall–Kier alpha value is -2.49. The summed E-state index contributed by atoms with van der Waals surface area (Å²) < 4.78 is 11.1. The van der Waals surface area contributed by atoms with Crippen LogP contribution in [-0.4, -0.2) is 19.1 Å². The third-order valence-corrected chi connectivity index (χ3v) is 3.58. The van der Waals surface area contributed by atoms with E-state index in [0.29, 0.717) is 18.7 Å². The smallest absolute Gasteiger partial charge is 0.261 e. The molecule has 0 bridgehead atoms. The Morgan fingerprint density at radius 3 is 2.65 bits per heavy atom. The molecule has 0 saturated carbocycles. The monoisotopic (exact) mass is 313 g/mol. The largest absolute Gasteiger partial charge is 0.496 e. The average Bonchev–Trinajstić information content (AvgIpc) is 2.57. The van der Waals surface area contributed by atoms with Crippen LogP contribution in [0.5, 0.6) is 11.5 Å². The summed E-state index contributed by atoms with van der Waals surface area (Å²) in [6.45, 7) is 4.34. The zero-order valence-electron chi connectivity index (χ0n) is 13.8. The van der Waals surface area contributed by atoms with Gasteiger partial charge in [0.05, 0.1) is 7.11 Å². The van der Waals surface area contributed by atoms with Crippen molar-refractivity contribution in [2.75, 3.05) is 7.11 Å². The number of aryl methyl sites for hydroxylation is 1. The zero-order chi connectivity index (χ0) is 16.7. The lowest BCUT2D eigenvalue weighted by Gasteiger charge is -2.18. The van der Waals surface area contributed by atoms with Crippen molar-refractivity contribution in [3.05, 3.63) is 59.7 Å². The quantitative estimate of drug-likeness (QED) is 0.851. The van der Waals surface area contributed by atoms with E-state index < -0.39 is 6.10 Å². The van der Waals surface area contributed by atoms with Crippen molar-refractivity contribution in [1.82, 2.24) is 5.32 Å². The van der Waals surface area contributed by atoms with Crippen LogP contribution in [0.3, 0.4) is 0 Å². The van der Waals surface area contributed by atoms with Crippen molar-refractivity contribution >= 4 is 5.91 Å². The SMILES string of the molecule is CC[C@@H](Oc1cccc(C)c1)C(=O)NCc1ccccc1OC. The van der Waals surface area contributed by atoms with Gasteiger partial charge in [-0.2, -0.15) is 0 Å². The minimum atomic E-state index is -0.508. The molecule has 0 aliphatic rings. The number of carbonyl (C=O) groups is 1. The molecule has 0 aromatic heterocycles. The average molecular weight is 313 g/mol. The number of rotatable bonds is 7. The molecule has 2 rings (SSSR count). The first-order chi connectivity index (χ1) is 11.1. The Kier molecular flexibility index (Phi) is 6.03. The number of hydrogen-bond acceptors (Lipinski definition) is 3. The lowest BCUT2D eigenvalue weighted by atomic mass is 10.2.